The third-order valence-electron chi connectivity index (χ3n) is 4.58. The van der Waals surface area contributed by atoms with Crippen molar-refractivity contribution >= 4 is 11.0 Å². The first-order chi connectivity index (χ1) is 12.5. The van der Waals surface area contributed by atoms with E-state index in [1.54, 1.807) is 0 Å². The van der Waals surface area contributed by atoms with E-state index in [9.17, 15) is 5.11 Å². The molecule has 26 heavy (non-hydrogen) atoms. The molecule has 0 aliphatic carbocycles. The number of ether oxygens (including phenoxy) is 1. The molecule has 1 N–H and O–H groups in total. The topological polar surface area (TPSA) is 47.3 Å². The van der Waals surface area contributed by atoms with Crippen LogP contribution in [0.4, 0.5) is 0 Å². The molecule has 0 bridgehead atoms. The first kappa shape index (κ1) is 18.5. The highest BCUT2D eigenvalue weighted by atomic mass is 16.5. The average molecular weight is 352 g/mol. The van der Waals surface area contributed by atoms with E-state index in [4.69, 9.17) is 4.74 Å². The van der Waals surface area contributed by atoms with Crippen LogP contribution in [0.1, 0.15) is 38.6 Å². The second kappa shape index (κ2) is 7.92. The Bertz CT molecular complexity index is 845. The van der Waals surface area contributed by atoms with Crippen molar-refractivity contribution in [1.82, 2.24) is 9.55 Å². The average Bonchev–Trinajstić information content (AvgIpc) is 2.96. The quantitative estimate of drug-likeness (QED) is 0.644. The van der Waals surface area contributed by atoms with Crippen LogP contribution < -0.4 is 4.74 Å². The Hall–Kier alpha value is -2.33. The van der Waals surface area contributed by atoms with Gasteiger partial charge in [-0.05, 0) is 41.7 Å². The van der Waals surface area contributed by atoms with Crippen molar-refractivity contribution < 1.29 is 9.84 Å². The van der Waals surface area contributed by atoms with Crippen LogP contribution in [-0.4, -0.2) is 27.9 Å². The zero-order valence-electron chi connectivity index (χ0n) is 15.9. The maximum absolute atomic E-state index is 9.29. The van der Waals surface area contributed by atoms with Gasteiger partial charge in [-0.15, -0.1) is 0 Å². The fourth-order valence-electron chi connectivity index (χ4n) is 3.13. The molecule has 1 heterocycles. The van der Waals surface area contributed by atoms with E-state index in [0.717, 1.165) is 35.6 Å². The Labute approximate surface area is 155 Å². The van der Waals surface area contributed by atoms with Gasteiger partial charge in [-0.3, -0.25) is 0 Å². The molecule has 4 nitrogen and oxygen atoms in total. The highest BCUT2D eigenvalue weighted by molar-refractivity contribution is 5.75. The Kier molecular flexibility index (Phi) is 5.62. The monoisotopic (exact) mass is 352 g/mol. The molecule has 3 rings (SSSR count). The van der Waals surface area contributed by atoms with Crippen LogP contribution in [0.3, 0.4) is 0 Å². The van der Waals surface area contributed by atoms with Gasteiger partial charge >= 0.3 is 0 Å². The van der Waals surface area contributed by atoms with Crippen LogP contribution in [0, 0.1) is 0 Å². The predicted molar refractivity (Wildman–Crippen MR) is 106 cm³/mol. The van der Waals surface area contributed by atoms with Crippen molar-refractivity contribution in [2.75, 3.05) is 13.2 Å². The van der Waals surface area contributed by atoms with Crippen LogP contribution in [0.2, 0.25) is 0 Å². The summed E-state index contributed by atoms with van der Waals surface area (Å²) in [7, 11) is 0. The molecule has 0 fully saturated rings. The van der Waals surface area contributed by atoms with Gasteiger partial charge in [0.2, 0.25) is 0 Å². The van der Waals surface area contributed by atoms with Gasteiger partial charge < -0.3 is 14.4 Å². The molecule has 4 heteroatoms. The van der Waals surface area contributed by atoms with E-state index in [2.05, 4.69) is 48.5 Å². The molecule has 0 unspecified atom stereocenters. The Morgan fingerprint density at radius 1 is 1.04 bits per heavy atom. The van der Waals surface area contributed by atoms with E-state index in [-0.39, 0.29) is 12.0 Å². The highest BCUT2D eigenvalue weighted by Crippen LogP contribution is 2.24. The molecule has 0 saturated heterocycles. The number of fused-ring (bicyclic) bond motifs is 1. The zero-order chi connectivity index (χ0) is 18.6. The number of imidazole rings is 1. The lowest BCUT2D eigenvalue weighted by atomic mass is 9.87. The molecule has 0 atom stereocenters. The van der Waals surface area contributed by atoms with Crippen LogP contribution in [0.5, 0.6) is 5.75 Å². The maximum atomic E-state index is 9.29. The van der Waals surface area contributed by atoms with Gasteiger partial charge in [-0.1, -0.05) is 45.0 Å². The molecule has 0 aliphatic rings. The second-order valence-electron chi connectivity index (χ2n) is 7.62. The van der Waals surface area contributed by atoms with E-state index in [1.807, 2.05) is 30.3 Å². The van der Waals surface area contributed by atoms with Crippen LogP contribution in [0.15, 0.2) is 48.5 Å². The van der Waals surface area contributed by atoms with Gasteiger partial charge in [0.25, 0.3) is 0 Å². The summed E-state index contributed by atoms with van der Waals surface area (Å²) in [6.07, 6.45) is 1.46. The number of hydrogen-bond donors (Lipinski definition) is 1. The van der Waals surface area contributed by atoms with Crippen molar-refractivity contribution in [1.29, 1.82) is 0 Å². The number of para-hydroxylation sites is 2. The first-order valence-corrected chi connectivity index (χ1v) is 9.27. The maximum Gasteiger partial charge on any atom is 0.119 e. The smallest absolute Gasteiger partial charge is 0.119 e. The molecule has 0 radical (unpaired) electrons. The summed E-state index contributed by atoms with van der Waals surface area (Å²) in [4.78, 5) is 4.63. The second-order valence-corrected chi connectivity index (χ2v) is 7.62. The SMILES string of the molecule is CC(C)(C)c1ccc(OCCCn2c(CCO)nc3ccccc32)cc1. The van der Waals surface area contributed by atoms with Crippen molar-refractivity contribution in [2.24, 2.45) is 0 Å². The number of rotatable bonds is 7. The number of aryl methyl sites for hydroxylation is 1. The fourth-order valence-corrected chi connectivity index (χ4v) is 3.13. The van der Waals surface area contributed by atoms with Crippen LogP contribution in [-0.2, 0) is 18.4 Å². The van der Waals surface area contributed by atoms with Crippen molar-refractivity contribution in [2.45, 2.75) is 45.6 Å². The summed E-state index contributed by atoms with van der Waals surface area (Å²) in [5, 5.41) is 9.29. The lowest BCUT2D eigenvalue weighted by molar-refractivity contribution is 0.289. The Morgan fingerprint density at radius 3 is 2.46 bits per heavy atom. The minimum absolute atomic E-state index is 0.111. The van der Waals surface area contributed by atoms with E-state index < -0.39 is 0 Å². The Morgan fingerprint density at radius 2 is 1.77 bits per heavy atom. The van der Waals surface area contributed by atoms with Gasteiger partial charge in [0, 0.05) is 13.0 Å². The van der Waals surface area contributed by atoms with Crippen LogP contribution in [0.25, 0.3) is 11.0 Å². The molecule has 0 saturated carbocycles. The van der Waals surface area contributed by atoms with Crippen molar-refractivity contribution in [3.8, 4) is 5.75 Å². The molecule has 3 aromatic rings. The lowest BCUT2D eigenvalue weighted by Gasteiger charge is -2.19. The fraction of sp³-hybridized carbons (Fsp3) is 0.409. The first-order valence-electron chi connectivity index (χ1n) is 9.27. The summed E-state index contributed by atoms with van der Waals surface area (Å²) < 4.78 is 8.09. The van der Waals surface area contributed by atoms with Gasteiger partial charge in [0.1, 0.15) is 11.6 Å². The molecule has 138 valence electrons. The van der Waals surface area contributed by atoms with Gasteiger partial charge in [-0.2, -0.15) is 0 Å². The predicted octanol–water partition coefficient (Wildman–Crippen LogP) is 4.34. The normalized spacial score (nSPS) is 11.8. The summed E-state index contributed by atoms with van der Waals surface area (Å²) in [6.45, 7) is 8.22. The number of benzene rings is 2. The van der Waals surface area contributed by atoms with Gasteiger partial charge in [0.15, 0.2) is 0 Å². The lowest BCUT2D eigenvalue weighted by Crippen LogP contribution is -2.11. The number of nitrogens with zero attached hydrogens (tertiary/aromatic N) is 2. The molecule has 2 aromatic carbocycles. The van der Waals surface area contributed by atoms with E-state index in [1.165, 1.54) is 5.56 Å². The molecular formula is C22H28N2O2. The van der Waals surface area contributed by atoms with Gasteiger partial charge in [-0.25, -0.2) is 4.98 Å². The molecule has 0 aliphatic heterocycles. The number of aliphatic hydroxyl groups is 1. The van der Waals surface area contributed by atoms with E-state index in [0.29, 0.717) is 13.0 Å². The molecular weight excluding hydrogens is 324 g/mol. The minimum Gasteiger partial charge on any atom is -0.494 e. The molecule has 0 amide bonds. The minimum atomic E-state index is 0.111. The molecule has 1 aromatic heterocycles. The van der Waals surface area contributed by atoms with E-state index >= 15 is 0 Å². The third-order valence-corrected chi connectivity index (χ3v) is 4.58. The Balaban J connectivity index is 1.60. The largest absolute Gasteiger partial charge is 0.494 e. The van der Waals surface area contributed by atoms with Crippen molar-refractivity contribution in [3.05, 3.63) is 59.9 Å². The molecule has 0 spiro atoms. The van der Waals surface area contributed by atoms with Crippen molar-refractivity contribution in [3.63, 3.8) is 0 Å². The summed E-state index contributed by atoms with van der Waals surface area (Å²) in [5.74, 6) is 1.84. The summed E-state index contributed by atoms with van der Waals surface area (Å²) >= 11 is 0. The number of aromatic nitrogens is 2. The van der Waals surface area contributed by atoms with Crippen LogP contribution >= 0.6 is 0 Å². The summed E-state index contributed by atoms with van der Waals surface area (Å²) in [6, 6.07) is 16.5. The number of hydrogen-bond acceptors (Lipinski definition) is 3. The zero-order valence-corrected chi connectivity index (χ0v) is 15.9. The van der Waals surface area contributed by atoms with Gasteiger partial charge in [0.05, 0.1) is 24.2 Å². The standard InChI is InChI=1S/C22H28N2O2/c1-22(2,3)17-9-11-18(12-10-17)26-16-6-14-24-20-8-5-4-7-19(20)23-21(24)13-15-25/h4-5,7-12,25H,6,13-16H2,1-3H3. The summed E-state index contributed by atoms with van der Waals surface area (Å²) in [5.41, 5.74) is 3.56. The number of aliphatic hydroxyl groups excluding tert-OH is 1. The highest BCUT2D eigenvalue weighted by Gasteiger charge is 2.13. The third kappa shape index (κ3) is 4.25.